The number of esters is 1. The number of aryl methyl sites for hydroxylation is 1. The van der Waals surface area contributed by atoms with Crippen LogP contribution < -0.4 is 8.92 Å². The summed E-state index contributed by atoms with van der Waals surface area (Å²) < 4.78 is 40.4. The normalized spacial score (nSPS) is 11.0. The molecular weight excluding hydrogens is 344 g/mol. The van der Waals surface area contributed by atoms with Gasteiger partial charge < -0.3 is 13.7 Å². The second-order valence-electron chi connectivity index (χ2n) is 5.30. The van der Waals surface area contributed by atoms with Crippen LogP contribution in [0.15, 0.2) is 47.4 Å². The Labute approximate surface area is 147 Å². The molecule has 7 heteroatoms. The Morgan fingerprint density at radius 1 is 1.08 bits per heavy atom. The van der Waals surface area contributed by atoms with Crippen LogP contribution in [0.25, 0.3) is 0 Å². The zero-order chi connectivity index (χ0) is 18.4. The van der Waals surface area contributed by atoms with Gasteiger partial charge in [0, 0.05) is 0 Å². The maximum Gasteiger partial charge on any atom is 0.339 e. The highest BCUT2D eigenvalue weighted by Gasteiger charge is 2.22. The number of carbonyl (C=O) groups excluding carboxylic acids is 1. The van der Waals surface area contributed by atoms with E-state index in [4.69, 9.17) is 13.7 Å². The van der Waals surface area contributed by atoms with Gasteiger partial charge in [-0.1, -0.05) is 25.1 Å². The Morgan fingerprint density at radius 2 is 1.80 bits per heavy atom. The number of ether oxygens (including phenoxy) is 2. The van der Waals surface area contributed by atoms with Crippen molar-refractivity contribution in [2.75, 3.05) is 13.7 Å². The molecule has 0 spiro atoms. The van der Waals surface area contributed by atoms with Gasteiger partial charge in [0.2, 0.25) is 0 Å². The van der Waals surface area contributed by atoms with Crippen molar-refractivity contribution < 1.29 is 26.9 Å². The number of rotatable bonds is 7. The molecule has 6 nitrogen and oxygen atoms in total. The number of methoxy groups -OCH3 is 1. The first kappa shape index (κ1) is 18.8. The average Bonchev–Trinajstić information content (AvgIpc) is 2.59. The van der Waals surface area contributed by atoms with E-state index in [1.165, 1.54) is 31.4 Å². The fraction of sp³-hybridized carbons (Fsp3) is 0.278. The predicted molar refractivity (Wildman–Crippen MR) is 92.6 cm³/mol. The van der Waals surface area contributed by atoms with Crippen molar-refractivity contribution in [3.8, 4) is 11.5 Å². The Hall–Kier alpha value is -2.54. The first-order valence-corrected chi connectivity index (χ1v) is 9.15. The lowest BCUT2D eigenvalue weighted by molar-refractivity contribution is 0.0504. The molecule has 0 aromatic heterocycles. The summed E-state index contributed by atoms with van der Waals surface area (Å²) in [5, 5.41) is 0. The fourth-order valence-corrected chi connectivity index (χ4v) is 3.31. The second kappa shape index (κ2) is 8.02. The quantitative estimate of drug-likeness (QED) is 0.554. The lowest BCUT2D eigenvalue weighted by Crippen LogP contribution is -2.12. The van der Waals surface area contributed by atoms with Gasteiger partial charge in [-0.05, 0) is 43.2 Å². The van der Waals surface area contributed by atoms with E-state index in [0.717, 1.165) is 0 Å². The Kier molecular flexibility index (Phi) is 6.03. The van der Waals surface area contributed by atoms with E-state index >= 15 is 0 Å². The summed E-state index contributed by atoms with van der Waals surface area (Å²) in [6.07, 6.45) is 0.707. The molecule has 2 aromatic rings. The van der Waals surface area contributed by atoms with Gasteiger partial charge in [0.05, 0.1) is 19.3 Å². The molecule has 0 aliphatic rings. The van der Waals surface area contributed by atoms with Gasteiger partial charge in [0.25, 0.3) is 0 Å². The molecule has 0 aliphatic heterocycles. The molecule has 25 heavy (non-hydrogen) atoms. The van der Waals surface area contributed by atoms with Gasteiger partial charge >= 0.3 is 16.1 Å². The van der Waals surface area contributed by atoms with Gasteiger partial charge in [-0.2, -0.15) is 8.42 Å². The number of benzene rings is 2. The van der Waals surface area contributed by atoms with Crippen molar-refractivity contribution in [1.29, 1.82) is 0 Å². The van der Waals surface area contributed by atoms with Crippen LogP contribution in [0.5, 0.6) is 11.5 Å². The van der Waals surface area contributed by atoms with E-state index in [1.807, 2.05) is 6.92 Å². The minimum atomic E-state index is -4.02. The Bertz CT molecular complexity index is 858. The standard InChI is InChI=1S/C18H20O6S/c1-4-11-23-18(19)14-9-10-15(16(12-14)22-3)24-25(20,21)17-8-6-5-7-13(17)2/h5-10,12H,4,11H2,1-3H3. The van der Waals surface area contributed by atoms with E-state index in [2.05, 4.69) is 0 Å². The van der Waals surface area contributed by atoms with Crippen molar-refractivity contribution in [3.05, 3.63) is 53.6 Å². The molecule has 0 radical (unpaired) electrons. The van der Waals surface area contributed by atoms with Crippen LogP contribution in [-0.2, 0) is 14.9 Å². The Morgan fingerprint density at radius 3 is 2.44 bits per heavy atom. The van der Waals surface area contributed by atoms with Crippen LogP contribution in [0.4, 0.5) is 0 Å². The summed E-state index contributed by atoms with van der Waals surface area (Å²) in [7, 11) is -2.66. The molecule has 0 heterocycles. The molecule has 2 aromatic carbocycles. The molecule has 134 valence electrons. The molecule has 2 rings (SSSR count). The lowest BCUT2D eigenvalue weighted by Gasteiger charge is -2.13. The van der Waals surface area contributed by atoms with Gasteiger partial charge in [-0.15, -0.1) is 0 Å². The molecule has 0 saturated carbocycles. The van der Waals surface area contributed by atoms with Crippen LogP contribution in [0.1, 0.15) is 29.3 Å². The third kappa shape index (κ3) is 4.51. The maximum absolute atomic E-state index is 12.5. The first-order valence-electron chi connectivity index (χ1n) is 7.74. The van der Waals surface area contributed by atoms with Gasteiger partial charge in [-0.25, -0.2) is 4.79 Å². The topological polar surface area (TPSA) is 78.9 Å². The van der Waals surface area contributed by atoms with E-state index in [0.29, 0.717) is 18.6 Å². The maximum atomic E-state index is 12.5. The minimum Gasteiger partial charge on any atom is -0.493 e. The fourth-order valence-electron chi connectivity index (χ4n) is 2.14. The second-order valence-corrected chi connectivity index (χ2v) is 6.82. The molecule has 0 aliphatic carbocycles. The number of carbonyl (C=O) groups is 1. The SMILES string of the molecule is CCCOC(=O)c1ccc(OS(=O)(=O)c2ccccc2C)c(OC)c1. The predicted octanol–water partition coefficient (Wildman–Crippen LogP) is 3.34. The first-order chi connectivity index (χ1) is 11.9. The summed E-state index contributed by atoms with van der Waals surface area (Å²) >= 11 is 0. The molecule has 0 saturated heterocycles. The van der Waals surface area contributed by atoms with Gasteiger partial charge in [0.1, 0.15) is 4.90 Å². The van der Waals surface area contributed by atoms with Crippen molar-refractivity contribution in [2.24, 2.45) is 0 Å². The van der Waals surface area contributed by atoms with Crippen molar-refractivity contribution in [1.82, 2.24) is 0 Å². The molecule has 0 fully saturated rings. The van der Waals surface area contributed by atoms with E-state index in [1.54, 1.807) is 25.1 Å². The molecule has 0 bridgehead atoms. The number of hydrogen-bond donors (Lipinski definition) is 0. The van der Waals surface area contributed by atoms with Crippen LogP contribution in [-0.4, -0.2) is 28.1 Å². The lowest BCUT2D eigenvalue weighted by atomic mass is 10.2. The highest BCUT2D eigenvalue weighted by atomic mass is 32.2. The van der Waals surface area contributed by atoms with Crippen LogP contribution in [0.3, 0.4) is 0 Å². The highest BCUT2D eigenvalue weighted by molar-refractivity contribution is 7.87. The molecule has 0 N–H and O–H groups in total. The zero-order valence-electron chi connectivity index (χ0n) is 14.3. The van der Waals surface area contributed by atoms with Crippen molar-refractivity contribution >= 4 is 16.1 Å². The summed E-state index contributed by atoms with van der Waals surface area (Å²) in [6, 6.07) is 10.7. The average molecular weight is 364 g/mol. The number of hydrogen-bond acceptors (Lipinski definition) is 6. The van der Waals surface area contributed by atoms with Crippen molar-refractivity contribution in [2.45, 2.75) is 25.2 Å². The summed E-state index contributed by atoms with van der Waals surface area (Å²) in [5.41, 5.74) is 0.826. The van der Waals surface area contributed by atoms with Crippen LogP contribution in [0.2, 0.25) is 0 Å². The largest absolute Gasteiger partial charge is 0.493 e. The monoisotopic (exact) mass is 364 g/mol. The molecule has 0 amide bonds. The highest BCUT2D eigenvalue weighted by Crippen LogP contribution is 2.31. The smallest absolute Gasteiger partial charge is 0.339 e. The van der Waals surface area contributed by atoms with Crippen LogP contribution in [0, 0.1) is 6.92 Å². The Balaban J connectivity index is 2.31. The van der Waals surface area contributed by atoms with E-state index in [9.17, 15) is 13.2 Å². The van der Waals surface area contributed by atoms with E-state index < -0.39 is 16.1 Å². The summed E-state index contributed by atoms with van der Waals surface area (Å²) in [5.74, 6) is -0.380. The summed E-state index contributed by atoms with van der Waals surface area (Å²) in [4.78, 5) is 12.0. The third-order valence-electron chi connectivity index (χ3n) is 3.40. The van der Waals surface area contributed by atoms with Gasteiger partial charge in [0.15, 0.2) is 11.5 Å². The van der Waals surface area contributed by atoms with Crippen LogP contribution >= 0.6 is 0 Å². The summed E-state index contributed by atoms with van der Waals surface area (Å²) in [6.45, 7) is 3.88. The molecule has 0 unspecified atom stereocenters. The van der Waals surface area contributed by atoms with E-state index in [-0.39, 0.29) is 22.0 Å². The third-order valence-corrected chi connectivity index (χ3v) is 4.79. The zero-order valence-corrected chi connectivity index (χ0v) is 15.1. The molecular formula is C18H20O6S. The van der Waals surface area contributed by atoms with Gasteiger partial charge in [-0.3, -0.25) is 0 Å². The van der Waals surface area contributed by atoms with Crippen molar-refractivity contribution in [3.63, 3.8) is 0 Å². The minimum absolute atomic E-state index is 0.00204. The molecule has 0 atom stereocenters.